The van der Waals surface area contributed by atoms with Gasteiger partial charge in [0.15, 0.2) is 0 Å². The fourth-order valence-corrected chi connectivity index (χ4v) is 4.66. The maximum atomic E-state index is 13.1. The third-order valence-electron chi connectivity index (χ3n) is 7.01. The predicted molar refractivity (Wildman–Crippen MR) is 156 cm³/mol. The molecule has 1 heterocycles. The Morgan fingerprint density at radius 3 is 2.15 bits per heavy atom. The summed E-state index contributed by atoms with van der Waals surface area (Å²) < 4.78 is 8.45. The summed E-state index contributed by atoms with van der Waals surface area (Å²) in [7, 11) is 3.26. The van der Waals surface area contributed by atoms with Gasteiger partial charge in [-0.15, -0.1) is 0 Å². The quantitative estimate of drug-likeness (QED) is 0.248. The molecule has 1 aromatic heterocycles. The molecule has 0 fully saturated rings. The Morgan fingerprint density at radius 1 is 0.878 bits per heavy atom. The van der Waals surface area contributed by atoms with Gasteiger partial charge in [-0.3, -0.25) is 29.1 Å². The molecule has 0 aliphatic heterocycles. The van der Waals surface area contributed by atoms with Crippen LogP contribution in [0.1, 0.15) is 53.8 Å². The summed E-state index contributed by atoms with van der Waals surface area (Å²) >= 11 is 0. The van der Waals surface area contributed by atoms with Crippen LogP contribution in [0.3, 0.4) is 0 Å². The lowest BCUT2D eigenvalue weighted by atomic mass is 9.95. The second kappa shape index (κ2) is 12.4. The van der Waals surface area contributed by atoms with Crippen LogP contribution in [0, 0.1) is 0 Å². The van der Waals surface area contributed by atoms with E-state index in [1.165, 1.54) is 4.68 Å². The molecule has 2 unspecified atom stereocenters. The number of ether oxygens (including phenoxy) is 1. The molecule has 0 saturated carbocycles. The number of para-hydroxylation sites is 1. The summed E-state index contributed by atoms with van der Waals surface area (Å²) in [4.78, 5) is 50.5. The van der Waals surface area contributed by atoms with Gasteiger partial charge in [-0.25, -0.2) is 4.79 Å². The van der Waals surface area contributed by atoms with E-state index in [-0.39, 0.29) is 5.69 Å². The molecule has 41 heavy (non-hydrogen) atoms. The highest BCUT2D eigenvalue weighted by Gasteiger charge is 2.23. The fourth-order valence-electron chi connectivity index (χ4n) is 4.66. The summed E-state index contributed by atoms with van der Waals surface area (Å²) in [6, 6.07) is 22.6. The molecular weight excluding hydrogens is 524 g/mol. The molecule has 3 N–H and O–H groups in total. The van der Waals surface area contributed by atoms with E-state index in [1.54, 1.807) is 81.2 Å². The second-order valence-electron chi connectivity index (χ2n) is 9.58. The number of rotatable bonds is 9. The average molecular weight is 557 g/mol. The number of carbonyl (C=O) groups is 3. The molecule has 0 radical (unpaired) electrons. The van der Waals surface area contributed by atoms with Crippen LogP contribution >= 0.6 is 0 Å². The Labute approximate surface area is 237 Å². The van der Waals surface area contributed by atoms with Crippen molar-refractivity contribution < 1.29 is 24.2 Å². The van der Waals surface area contributed by atoms with Crippen molar-refractivity contribution >= 4 is 29.3 Å². The molecule has 0 aliphatic carbocycles. The van der Waals surface area contributed by atoms with E-state index in [9.17, 15) is 24.3 Å². The van der Waals surface area contributed by atoms with E-state index in [1.807, 2.05) is 30.3 Å². The van der Waals surface area contributed by atoms with E-state index in [0.29, 0.717) is 34.5 Å². The molecule has 2 amide bonds. The zero-order valence-corrected chi connectivity index (χ0v) is 23.3. The van der Waals surface area contributed by atoms with Gasteiger partial charge in [-0.1, -0.05) is 67.6 Å². The minimum atomic E-state index is -0.963. The van der Waals surface area contributed by atoms with E-state index in [2.05, 4.69) is 10.6 Å². The third-order valence-corrected chi connectivity index (χ3v) is 7.01. The van der Waals surface area contributed by atoms with Crippen molar-refractivity contribution in [2.45, 2.75) is 32.3 Å². The van der Waals surface area contributed by atoms with Crippen molar-refractivity contribution in [3.63, 3.8) is 0 Å². The van der Waals surface area contributed by atoms with Crippen molar-refractivity contribution in [2.75, 3.05) is 10.6 Å². The monoisotopic (exact) mass is 556 g/mol. The first-order chi connectivity index (χ1) is 19.6. The maximum absolute atomic E-state index is 13.1. The molecule has 4 aromatic rings. The fraction of sp³-hybridized carbons (Fsp3) is 0.226. The summed E-state index contributed by atoms with van der Waals surface area (Å²) in [6.07, 6.45) is -0.924. The average Bonchev–Trinajstić information content (AvgIpc) is 3.17. The van der Waals surface area contributed by atoms with Gasteiger partial charge in [0.25, 0.3) is 11.5 Å². The minimum Gasteiger partial charge on any atom is -0.481 e. The number of carboxylic acids is 1. The standard InChI is InChI=1S/C31H32N4O6/c1-5-23(30(38)39)24-13-9-10-14-25(24)32-28(36)22-17-15-21(16-18-22)27-26(29(37)35(4)34(27)3)33-31(40)41-19(2)20-11-7-6-8-12-20/h6-19,23H,5H2,1-4H3,(H,32,36)(H,33,40)(H,38,39). The Balaban J connectivity index is 1.56. The molecular formula is C31H32N4O6. The smallest absolute Gasteiger partial charge is 0.412 e. The topological polar surface area (TPSA) is 132 Å². The summed E-state index contributed by atoms with van der Waals surface area (Å²) in [5.74, 6) is -2.13. The summed E-state index contributed by atoms with van der Waals surface area (Å²) in [6.45, 7) is 3.52. The molecule has 0 aliphatic rings. The van der Waals surface area contributed by atoms with Gasteiger partial charge in [0.05, 0.1) is 11.6 Å². The lowest BCUT2D eigenvalue weighted by molar-refractivity contribution is -0.138. The van der Waals surface area contributed by atoms with Crippen LogP contribution in [0.4, 0.5) is 16.2 Å². The number of hydrogen-bond donors (Lipinski definition) is 3. The zero-order chi connectivity index (χ0) is 29.7. The molecule has 0 spiro atoms. The van der Waals surface area contributed by atoms with Gasteiger partial charge in [-0.05, 0) is 42.7 Å². The molecule has 0 saturated heterocycles. The lowest BCUT2D eigenvalue weighted by Crippen LogP contribution is -2.22. The van der Waals surface area contributed by atoms with Crippen molar-refractivity contribution in [3.05, 3.63) is 106 Å². The van der Waals surface area contributed by atoms with Crippen LogP contribution in [-0.4, -0.2) is 32.4 Å². The van der Waals surface area contributed by atoms with Crippen LogP contribution < -0.4 is 16.2 Å². The largest absolute Gasteiger partial charge is 0.481 e. The second-order valence-corrected chi connectivity index (χ2v) is 9.58. The Bertz CT molecular complexity index is 1620. The minimum absolute atomic E-state index is 0.0469. The number of benzene rings is 3. The number of amides is 2. The number of aliphatic carboxylic acids is 1. The van der Waals surface area contributed by atoms with Crippen LogP contribution in [0.2, 0.25) is 0 Å². The van der Waals surface area contributed by atoms with Gasteiger partial charge in [0, 0.05) is 30.9 Å². The van der Waals surface area contributed by atoms with Crippen LogP contribution in [0.5, 0.6) is 0 Å². The highest BCUT2D eigenvalue weighted by molar-refractivity contribution is 6.05. The van der Waals surface area contributed by atoms with Crippen LogP contribution in [-0.2, 0) is 23.6 Å². The van der Waals surface area contributed by atoms with Crippen molar-refractivity contribution in [1.82, 2.24) is 9.36 Å². The van der Waals surface area contributed by atoms with E-state index in [4.69, 9.17) is 4.74 Å². The highest BCUT2D eigenvalue weighted by atomic mass is 16.6. The zero-order valence-electron chi connectivity index (χ0n) is 23.3. The maximum Gasteiger partial charge on any atom is 0.412 e. The first-order valence-electron chi connectivity index (χ1n) is 13.1. The van der Waals surface area contributed by atoms with Gasteiger partial charge in [0.1, 0.15) is 11.8 Å². The van der Waals surface area contributed by atoms with Gasteiger partial charge in [-0.2, -0.15) is 0 Å². The van der Waals surface area contributed by atoms with Crippen molar-refractivity contribution in [2.24, 2.45) is 14.1 Å². The van der Waals surface area contributed by atoms with Gasteiger partial charge in [0.2, 0.25) is 0 Å². The SMILES string of the molecule is CCC(C(=O)O)c1ccccc1NC(=O)c1ccc(-c2c(NC(=O)OC(C)c3ccccc3)c(=O)n(C)n2C)cc1. The number of hydrogen-bond acceptors (Lipinski definition) is 5. The molecule has 4 rings (SSSR count). The first kappa shape index (κ1) is 28.9. The molecule has 212 valence electrons. The molecule has 3 aromatic carbocycles. The Kier molecular flexibility index (Phi) is 8.72. The van der Waals surface area contributed by atoms with Crippen molar-refractivity contribution in [3.8, 4) is 11.3 Å². The normalized spacial score (nSPS) is 12.3. The summed E-state index contributed by atoms with van der Waals surface area (Å²) in [5.41, 5.74) is 2.75. The number of nitrogens with zero attached hydrogens (tertiary/aromatic N) is 2. The Morgan fingerprint density at radius 2 is 1.51 bits per heavy atom. The third kappa shape index (κ3) is 6.22. The molecule has 10 heteroatoms. The number of nitrogens with one attached hydrogen (secondary N) is 2. The van der Waals surface area contributed by atoms with Crippen molar-refractivity contribution in [1.29, 1.82) is 0 Å². The number of carboxylic acid groups (broad SMARTS) is 1. The summed E-state index contributed by atoms with van der Waals surface area (Å²) in [5, 5.41) is 15.0. The Hall–Kier alpha value is -5.12. The van der Waals surface area contributed by atoms with Gasteiger partial charge >= 0.3 is 12.1 Å². The van der Waals surface area contributed by atoms with Gasteiger partial charge < -0.3 is 15.2 Å². The lowest BCUT2D eigenvalue weighted by Gasteiger charge is -2.16. The number of anilines is 2. The van der Waals surface area contributed by atoms with E-state index in [0.717, 1.165) is 5.56 Å². The number of carbonyl (C=O) groups excluding carboxylic acids is 2. The molecule has 10 nitrogen and oxygen atoms in total. The first-order valence-corrected chi connectivity index (χ1v) is 13.1. The molecule has 2 atom stereocenters. The van der Waals surface area contributed by atoms with E-state index >= 15 is 0 Å². The highest BCUT2D eigenvalue weighted by Crippen LogP contribution is 2.29. The van der Waals surface area contributed by atoms with Crippen LogP contribution in [0.15, 0.2) is 83.7 Å². The number of aromatic nitrogens is 2. The van der Waals surface area contributed by atoms with E-state index < -0.39 is 35.6 Å². The van der Waals surface area contributed by atoms with Crippen LogP contribution in [0.25, 0.3) is 11.3 Å². The molecule has 0 bridgehead atoms. The predicted octanol–water partition coefficient (Wildman–Crippen LogP) is 5.53.